The van der Waals surface area contributed by atoms with E-state index in [9.17, 15) is 9.59 Å². The summed E-state index contributed by atoms with van der Waals surface area (Å²) in [6, 6.07) is 7.99. The summed E-state index contributed by atoms with van der Waals surface area (Å²) in [5, 5.41) is 12.2. The molecular weight excluding hydrogens is 421 g/mol. The van der Waals surface area contributed by atoms with E-state index in [1.54, 1.807) is 36.5 Å². The zero-order valence-corrected chi connectivity index (χ0v) is 14.9. The predicted octanol–water partition coefficient (Wildman–Crippen LogP) is 4.35. The van der Waals surface area contributed by atoms with Crippen molar-refractivity contribution in [3.8, 4) is 0 Å². The number of hydrogen-bond donors (Lipinski definition) is 2. The minimum Gasteiger partial charge on any atom is -0.476 e. The Morgan fingerprint density at radius 3 is 2.46 bits per heavy atom. The summed E-state index contributed by atoms with van der Waals surface area (Å²) in [4.78, 5) is 27.7. The van der Waals surface area contributed by atoms with Crippen molar-refractivity contribution < 1.29 is 14.7 Å². The lowest BCUT2D eigenvalue weighted by molar-refractivity contribution is 0.0690. The maximum absolute atomic E-state index is 12.5. The van der Waals surface area contributed by atoms with E-state index in [-0.39, 0.29) is 31.6 Å². The first-order chi connectivity index (χ1) is 11.4. The van der Waals surface area contributed by atoms with Crippen LogP contribution in [0.15, 0.2) is 41.1 Å². The molecule has 122 valence electrons. The Balaban J connectivity index is 2.06. The van der Waals surface area contributed by atoms with Gasteiger partial charge in [0.1, 0.15) is 4.60 Å². The number of carbonyl (C=O) groups excluding carboxylic acids is 1. The van der Waals surface area contributed by atoms with Crippen molar-refractivity contribution >= 4 is 62.3 Å². The van der Waals surface area contributed by atoms with Gasteiger partial charge in [0.25, 0.3) is 5.91 Å². The molecule has 3 aromatic rings. The molecule has 2 heterocycles. The van der Waals surface area contributed by atoms with Crippen LogP contribution in [0.5, 0.6) is 0 Å². The minimum atomic E-state index is -1.18. The summed E-state index contributed by atoms with van der Waals surface area (Å²) in [6.07, 6.45) is 1.62. The van der Waals surface area contributed by atoms with Crippen LogP contribution < -0.4 is 5.32 Å². The number of anilines is 1. The van der Waals surface area contributed by atoms with Crippen LogP contribution >= 0.6 is 39.1 Å². The van der Waals surface area contributed by atoms with Crippen LogP contribution in [0.2, 0.25) is 10.0 Å². The number of halogens is 3. The normalized spacial score (nSPS) is 10.8. The van der Waals surface area contributed by atoms with E-state index in [1.165, 1.54) is 4.40 Å². The molecule has 0 saturated carbocycles. The number of pyridine rings is 1. The van der Waals surface area contributed by atoms with Gasteiger partial charge in [0.05, 0.1) is 21.3 Å². The van der Waals surface area contributed by atoms with Crippen LogP contribution in [-0.4, -0.2) is 26.4 Å². The van der Waals surface area contributed by atoms with E-state index in [0.717, 1.165) is 0 Å². The SMILES string of the molecule is O=C(O)c1nc2c(NC(=O)c3c(Cl)cccc3Cl)cccn2c1Br. The molecule has 0 unspecified atom stereocenters. The second kappa shape index (κ2) is 6.43. The Morgan fingerprint density at radius 2 is 1.83 bits per heavy atom. The van der Waals surface area contributed by atoms with Gasteiger partial charge in [-0.1, -0.05) is 29.3 Å². The average molecular weight is 429 g/mol. The molecule has 0 spiro atoms. The van der Waals surface area contributed by atoms with Crippen LogP contribution in [0.3, 0.4) is 0 Å². The first kappa shape index (κ1) is 16.8. The summed E-state index contributed by atoms with van der Waals surface area (Å²) in [5.41, 5.74) is 0.573. The highest BCUT2D eigenvalue weighted by atomic mass is 79.9. The third-order valence-corrected chi connectivity index (χ3v) is 4.62. The monoisotopic (exact) mass is 427 g/mol. The number of aromatic carboxylic acids is 1. The van der Waals surface area contributed by atoms with E-state index >= 15 is 0 Å². The summed E-state index contributed by atoms with van der Waals surface area (Å²) >= 11 is 15.2. The highest BCUT2D eigenvalue weighted by Crippen LogP contribution is 2.28. The second-order valence-electron chi connectivity index (χ2n) is 4.72. The van der Waals surface area contributed by atoms with Gasteiger partial charge in [0.2, 0.25) is 0 Å². The molecule has 0 aliphatic heterocycles. The number of rotatable bonds is 3. The molecule has 0 fully saturated rings. The molecule has 0 bridgehead atoms. The van der Waals surface area contributed by atoms with Gasteiger partial charge in [0.15, 0.2) is 11.3 Å². The van der Waals surface area contributed by atoms with Crippen LogP contribution in [0, 0.1) is 0 Å². The fourth-order valence-electron chi connectivity index (χ4n) is 2.17. The number of carboxylic acids is 1. The van der Waals surface area contributed by atoms with Crippen molar-refractivity contribution in [1.29, 1.82) is 0 Å². The predicted molar refractivity (Wildman–Crippen MR) is 94.3 cm³/mol. The maximum atomic E-state index is 12.5. The molecule has 0 saturated heterocycles. The number of fused-ring (bicyclic) bond motifs is 1. The fraction of sp³-hybridized carbons (Fsp3) is 0. The van der Waals surface area contributed by atoms with Gasteiger partial charge in [-0.15, -0.1) is 0 Å². The number of imidazole rings is 1. The lowest BCUT2D eigenvalue weighted by atomic mass is 10.2. The van der Waals surface area contributed by atoms with Crippen molar-refractivity contribution in [1.82, 2.24) is 9.38 Å². The van der Waals surface area contributed by atoms with E-state index in [0.29, 0.717) is 5.69 Å². The lowest BCUT2D eigenvalue weighted by Crippen LogP contribution is -2.14. The van der Waals surface area contributed by atoms with Gasteiger partial charge >= 0.3 is 5.97 Å². The van der Waals surface area contributed by atoms with Crippen LogP contribution in [0.1, 0.15) is 20.8 Å². The van der Waals surface area contributed by atoms with Crippen molar-refractivity contribution in [2.24, 2.45) is 0 Å². The summed E-state index contributed by atoms with van der Waals surface area (Å²) in [5.74, 6) is -1.70. The number of benzene rings is 1. The van der Waals surface area contributed by atoms with Crippen molar-refractivity contribution in [3.05, 3.63) is 62.4 Å². The number of hydrogen-bond acceptors (Lipinski definition) is 3. The first-order valence-corrected chi connectivity index (χ1v) is 8.10. The van der Waals surface area contributed by atoms with E-state index < -0.39 is 11.9 Å². The first-order valence-electron chi connectivity index (χ1n) is 6.55. The van der Waals surface area contributed by atoms with Gasteiger partial charge in [-0.2, -0.15) is 0 Å². The smallest absolute Gasteiger partial charge is 0.357 e. The Bertz CT molecular complexity index is 967. The molecule has 0 atom stereocenters. The van der Waals surface area contributed by atoms with Crippen LogP contribution in [0.4, 0.5) is 5.69 Å². The minimum absolute atomic E-state index is 0.131. The van der Waals surface area contributed by atoms with Crippen LogP contribution in [-0.2, 0) is 0 Å². The Kier molecular flexibility index (Phi) is 4.49. The van der Waals surface area contributed by atoms with E-state index in [4.69, 9.17) is 28.3 Å². The van der Waals surface area contributed by atoms with Crippen molar-refractivity contribution in [2.45, 2.75) is 0 Å². The molecular formula is C15H8BrCl2N3O3. The van der Waals surface area contributed by atoms with E-state index in [2.05, 4.69) is 26.2 Å². The van der Waals surface area contributed by atoms with Gasteiger partial charge in [-0.05, 0) is 40.2 Å². The molecule has 1 amide bonds. The summed E-state index contributed by atoms with van der Waals surface area (Å²) in [6.45, 7) is 0. The quantitative estimate of drug-likeness (QED) is 0.649. The summed E-state index contributed by atoms with van der Waals surface area (Å²) < 4.78 is 1.78. The van der Waals surface area contributed by atoms with Gasteiger partial charge in [-0.3, -0.25) is 9.20 Å². The second-order valence-corrected chi connectivity index (χ2v) is 6.29. The van der Waals surface area contributed by atoms with Gasteiger partial charge in [-0.25, -0.2) is 9.78 Å². The maximum Gasteiger partial charge on any atom is 0.357 e. The molecule has 2 aromatic heterocycles. The Labute approximate surface area is 154 Å². The zero-order chi connectivity index (χ0) is 17.4. The van der Waals surface area contributed by atoms with Crippen LogP contribution in [0.25, 0.3) is 5.65 Å². The molecule has 0 radical (unpaired) electrons. The van der Waals surface area contributed by atoms with E-state index in [1.807, 2.05) is 0 Å². The molecule has 6 nitrogen and oxygen atoms in total. The number of aromatic nitrogens is 2. The lowest BCUT2D eigenvalue weighted by Gasteiger charge is -2.09. The highest BCUT2D eigenvalue weighted by Gasteiger charge is 2.20. The molecule has 9 heteroatoms. The third-order valence-electron chi connectivity index (χ3n) is 3.23. The van der Waals surface area contributed by atoms with Gasteiger partial charge in [0, 0.05) is 6.20 Å². The standard InChI is InChI=1S/C15H8BrCl2N3O3/c16-12-11(15(23)24)20-13-9(5-2-6-21(12)13)19-14(22)10-7(17)3-1-4-8(10)18/h1-6H,(H,19,22)(H,23,24). The Hall–Kier alpha value is -2.09. The number of amides is 1. The number of nitrogens with zero attached hydrogens (tertiary/aromatic N) is 2. The highest BCUT2D eigenvalue weighted by molar-refractivity contribution is 9.10. The fourth-order valence-corrected chi connectivity index (χ4v) is 3.29. The molecule has 2 N–H and O–H groups in total. The van der Waals surface area contributed by atoms with Crippen molar-refractivity contribution in [2.75, 3.05) is 5.32 Å². The molecule has 0 aliphatic rings. The molecule has 0 aliphatic carbocycles. The van der Waals surface area contributed by atoms with Crippen molar-refractivity contribution in [3.63, 3.8) is 0 Å². The molecule has 24 heavy (non-hydrogen) atoms. The Morgan fingerprint density at radius 1 is 1.17 bits per heavy atom. The summed E-state index contributed by atoms with van der Waals surface area (Å²) in [7, 11) is 0. The zero-order valence-electron chi connectivity index (χ0n) is 11.8. The number of carbonyl (C=O) groups is 2. The average Bonchev–Trinajstić information content (AvgIpc) is 2.86. The topological polar surface area (TPSA) is 83.7 Å². The number of nitrogens with one attached hydrogen (secondary N) is 1. The third kappa shape index (κ3) is 2.86. The molecule has 1 aromatic carbocycles. The molecule has 3 rings (SSSR count). The largest absolute Gasteiger partial charge is 0.476 e. The number of carboxylic acid groups (broad SMARTS) is 1. The van der Waals surface area contributed by atoms with Gasteiger partial charge < -0.3 is 10.4 Å².